The van der Waals surface area contributed by atoms with E-state index in [0.29, 0.717) is 0 Å². The summed E-state index contributed by atoms with van der Waals surface area (Å²) in [4.78, 5) is 10.6. The molecule has 0 aliphatic heterocycles. The molecule has 3 N–H and O–H groups in total. The zero-order valence-corrected chi connectivity index (χ0v) is 7.39. The highest BCUT2D eigenvalue weighted by Crippen LogP contribution is 2.05. The molecule has 0 saturated heterocycles. The van der Waals surface area contributed by atoms with Gasteiger partial charge in [0.2, 0.25) is 5.91 Å². The van der Waals surface area contributed by atoms with E-state index in [1.54, 1.807) is 0 Å². The third kappa shape index (κ3) is 5.85. The van der Waals surface area contributed by atoms with Gasteiger partial charge in [-0.1, -0.05) is 13.3 Å². The maximum absolute atomic E-state index is 10.6. The molecule has 0 fully saturated rings. The molecule has 0 aromatic heterocycles. The Balaban J connectivity index is 3.17. The topological polar surface area (TPSA) is 55.1 Å². The second-order valence-electron chi connectivity index (χ2n) is 2.90. The Kier molecular flexibility index (Phi) is 5.84. The molecule has 3 heteroatoms. The molecule has 0 rings (SSSR count). The van der Waals surface area contributed by atoms with Crippen molar-refractivity contribution in [2.45, 2.75) is 26.2 Å². The monoisotopic (exact) mass is 158 g/mol. The average molecular weight is 158 g/mol. The minimum absolute atomic E-state index is 0.0341. The molecule has 0 aromatic carbocycles. The lowest BCUT2D eigenvalue weighted by Gasteiger charge is -2.05. The summed E-state index contributed by atoms with van der Waals surface area (Å²) < 4.78 is 0. The van der Waals surface area contributed by atoms with Gasteiger partial charge in [-0.15, -0.1) is 0 Å². The highest BCUT2D eigenvalue weighted by atomic mass is 16.1. The second kappa shape index (κ2) is 6.16. The van der Waals surface area contributed by atoms with Crippen molar-refractivity contribution in [1.29, 1.82) is 0 Å². The van der Waals surface area contributed by atoms with E-state index < -0.39 is 0 Å². The number of amides is 1. The van der Waals surface area contributed by atoms with Gasteiger partial charge in [0.25, 0.3) is 0 Å². The lowest BCUT2D eigenvalue weighted by Crippen LogP contribution is -2.20. The fraction of sp³-hybridized carbons (Fsp3) is 0.875. The SMILES string of the molecule is CNCCCC[C@H](C)C(N)=O. The van der Waals surface area contributed by atoms with Gasteiger partial charge in [-0.05, 0) is 26.4 Å². The van der Waals surface area contributed by atoms with E-state index in [9.17, 15) is 4.79 Å². The third-order valence-corrected chi connectivity index (χ3v) is 1.80. The number of nitrogens with two attached hydrogens (primary N) is 1. The summed E-state index contributed by atoms with van der Waals surface area (Å²) >= 11 is 0. The van der Waals surface area contributed by atoms with Crippen LogP contribution in [0.15, 0.2) is 0 Å². The van der Waals surface area contributed by atoms with Crippen LogP contribution >= 0.6 is 0 Å². The van der Waals surface area contributed by atoms with Crippen molar-refractivity contribution >= 4 is 5.91 Å². The van der Waals surface area contributed by atoms with Crippen LogP contribution in [0, 0.1) is 5.92 Å². The summed E-state index contributed by atoms with van der Waals surface area (Å²) in [6.07, 6.45) is 3.11. The first-order valence-electron chi connectivity index (χ1n) is 4.12. The van der Waals surface area contributed by atoms with Crippen LogP contribution in [0.1, 0.15) is 26.2 Å². The number of nitrogens with one attached hydrogen (secondary N) is 1. The molecule has 1 atom stereocenters. The highest BCUT2D eigenvalue weighted by molar-refractivity contribution is 5.76. The summed E-state index contributed by atoms with van der Waals surface area (Å²) in [5, 5.41) is 3.05. The van der Waals surface area contributed by atoms with Gasteiger partial charge in [-0.25, -0.2) is 0 Å². The maximum atomic E-state index is 10.6. The first kappa shape index (κ1) is 10.4. The molecule has 0 bridgehead atoms. The molecule has 66 valence electrons. The van der Waals surface area contributed by atoms with Gasteiger partial charge in [0.15, 0.2) is 0 Å². The molecular weight excluding hydrogens is 140 g/mol. The zero-order valence-electron chi connectivity index (χ0n) is 7.39. The standard InChI is InChI=1S/C8H18N2O/c1-7(8(9)11)5-3-4-6-10-2/h7,10H,3-6H2,1-2H3,(H2,9,11)/t7-/m0/s1. The summed E-state index contributed by atoms with van der Waals surface area (Å²) in [6, 6.07) is 0. The van der Waals surface area contributed by atoms with Crippen molar-refractivity contribution in [2.24, 2.45) is 11.7 Å². The summed E-state index contributed by atoms with van der Waals surface area (Å²) in [6.45, 7) is 2.90. The molecule has 0 spiro atoms. The van der Waals surface area contributed by atoms with Crippen molar-refractivity contribution in [3.05, 3.63) is 0 Å². The van der Waals surface area contributed by atoms with Gasteiger partial charge in [0, 0.05) is 5.92 Å². The molecule has 0 unspecified atom stereocenters. The lowest BCUT2D eigenvalue weighted by atomic mass is 10.0. The average Bonchev–Trinajstić information content (AvgIpc) is 1.97. The van der Waals surface area contributed by atoms with Crippen molar-refractivity contribution < 1.29 is 4.79 Å². The Hall–Kier alpha value is -0.570. The Morgan fingerprint density at radius 3 is 2.64 bits per heavy atom. The normalized spacial score (nSPS) is 12.9. The van der Waals surface area contributed by atoms with Crippen LogP contribution in [0.4, 0.5) is 0 Å². The quantitative estimate of drug-likeness (QED) is 0.553. The number of hydrogen-bond donors (Lipinski definition) is 2. The van der Waals surface area contributed by atoms with Crippen LogP contribution in [0.3, 0.4) is 0 Å². The van der Waals surface area contributed by atoms with Gasteiger partial charge >= 0.3 is 0 Å². The summed E-state index contributed by atoms with van der Waals surface area (Å²) in [5.74, 6) is -0.152. The maximum Gasteiger partial charge on any atom is 0.220 e. The van der Waals surface area contributed by atoms with Crippen molar-refractivity contribution in [3.8, 4) is 0 Å². The van der Waals surface area contributed by atoms with Crippen LogP contribution < -0.4 is 11.1 Å². The number of carbonyl (C=O) groups excluding carboxylic acids is 1. The molecule has 11 heavy (non-hydrogen) atoms. The first-order chi connectivity index (χ1) is 5.18. The van der Waals surface area contributed by atoms with E-state index in [0.717, 1.165) is 25.8 Å². The Bertz CT molecular complexity index is 115. The van der Waals surface area contributed by atoms with Crippen LogP contribution in [0.25, 0.3) is 0 Å². The van der Waals surface area contributed by atoms with Crippen molar-refractivity contribution in [1.82, 2.24) is 5.32 Å². The van der Waals surface area contributed by atoms with E-state index in [4.69, 9.17) is 5.73 Å². The number of unbranched alkanes of at least 4 members (excludes halogenated alkanes) is 1. The minimum Gasteiger partial charge on any atom is -0.369 e. The van der Waals surface area contributed by atoms with Gasteiger partial charge in [0.1, 0.15) is 0 Å². The van der Waals surface area contributed by atoms with Gasteiger partial charge < -0.3 is 11.1 Å². The van der Waals surface area contributed by atoms with Gasteiger partial charge in [-0.3, -0.25) is 4.79 Å². The van der Waals surface area contributed by atoms with E-state index in [-0.39, 0.29) is 11.8 Å². The third-order valence-electron chi connectivity index (χ3n) is 1.80. The van der Waals surface area contributed by atoms with Crippen LogP contribution in [-0.4, -0.2) is 19.5 Å². The molecular formula is C8H18N2O. The first-order valence-corrected chi connectivity index (χ1v) is 4.12. The number of carbonyl (C=O) groups is 1. The fourth-order valence-corrected chi connectivity index (χ4v) is 0.895. The fourth-order valence-electron chi connectivity index (χ4n) is 0.895. The molecule has 0 saturated carbocycles. The van der Waals surface area contributed by atoms with Crippen LogP contribution in [0.5, 0.6) is 0 Å². The number of rotatable bonds is 6. The number of hydrogen-bond acceptors (Lipinski definition) is 2. The van der Waals surface area contributed by atoms with E-state index in [1.807, 2.05) is 14.0 Å². The van der Waals surface area contributed by atoms with Gasteiger partial charge in [-0.2, -0.15) is 0 Å². The second-order valence-corrected chi connectivity index (χ2v) is 2.90. The number of primary amides is 1. The predicted molar refractivity (Wildman–Crippen MR) is 46.1 cm³/mol. The summed E-state index contributed by atoms with van der Waals surface area (Å²) in [7, 11) is 1.93. The van der Waals surface area contributed by atoms with E-state index >= 15 is 0 Å². The lowest BCUT2D eigenvalue weighted by molar-refractivity contribution is -0.121. The predicted octanol–water partition coefficient (Wildman–Crippen LogP) is 0.497. The van der Waals surface area contributed by atoms with Crippen molar-refractivity contribution in [3.63, 3.8) is 0 Å². The molecule has 0 aliphatic carbocycles. The smallest absolute Gasteiger partial charge is 0.220 e. The zero-order chi connectivity index (χ0) is 8.69. The molecule has 1 amide bonds. The largest absolute Gasteiger partial charge is 0.369 e. The molecule has 0 aliphatic rings. The summed E-state index contributed by atoms with van der Waals surface area (Å²) in [5.41, 5.74) is 5.10. The van der Waals surface area contributed by atoms with Crippen LogP contribution in [-0.2, 0) is 4.79 Å². The Labute approximate surface area is 68.3 Å². The Morgan fingerprint density at radius 2 is 2.18 bits per heavy atom. The van der Waals surface area contributed by atoms with Gasteiger partial charge in [0.05, 0.1) is 0 Å². The molecule has 0 aromatic rings. The van der Waals surface area contributed by atoms with Crippen LogP contribution in [0.2, 0.25) is 0 Å². The van der Waals surface area contributed by atoms with E-state index in [2.05, 4.69) is 5.32 Å². The highest BCUT2D eigenvalue weighted by Gasteiger charge is 2.06. The minimum atomic E-state index is -0.186. The van der Waals surface area contributed by atoms with E-state index in [1.165, 1.54) is 0 Å². The molecule has 3 nitrogen and oxygen atoms in total. The van der Waals surface area contributed by atoms with Crippen molar-refractivity contribution in [2.75, 3.05) is 13.6 Å². The molecule has 0 heterocycles. The Morgan fingerprint density at radius 1 is 1.55 bits per heavy atom. The molecule has 0 radical (unpaired) electrons.